The molecule has 2 aromatic carbocycles. The van der Waals surface area contributed by atoms with E-state index in [1.807, 2.05) is 30.3 Å². The van der Waals surface area contributed by atoms with Crippen molar-refractivity contribution in [2.75, 3.05) is 0 Å². The molecule has 3 nitrogen and oxygen atoms in total. The summed E-state index contributed by atoms with van der Waals surface area (Å²) < 4.78 is 5.58. The largest absolute Gasteiger partial charge is 1.00 e. The molecule has 3 rings (SSSR count). The zero-order valence-electron chi connectivity index (χ0n) is 9.44. The topological polar surface area (TPSA) is 50.3 Å². The Bertz CT molecular complexity index is 615. The Morgan fingerprint density at radius 3 is 2.41 bits per heavy atom. The van der Waals surface area contributed by atoms with Gasteiger partial charge >= 0.3 is 24.8 Å². The number of oxazole rings is 1. The van der Waals surface area contributed by atoms with Crippen molar-refractivity contribution in [2.45, 2.75) is 0 Å². The molecule has 78 valence electrons. The van der Waals surface area contributed by atoms with Gasteiger partial charge in [0.1, 0.15) is 0 Å². The zero-order chi connectivity index (χ0) is 11.0. The van der Waals surface area contributed by atoms with E-state index in [1.165, 1.54) is 6.07 Å². The Morgan fingerprint density at radius 2 is 1.65 bits per heavy atom. The fourth-order valence-corrected chi connectivity index (χ4v) is 1.69. The summed E-state index contributed by atoms with van der Waals surface area (Å²) in [6.45, 7) is 0. The van der Waals surface area contributed by atoms with Crippen molar-refractivity contribution in [2.24, 2.45) is 0 Å². The third kappa shape index (κ3) is 2.08. The first kappa shape index (κ1) is 11.8. The summed E-state index contributed by atoms with van der Waals surface area (Å²) in [4.78, 5) is 3.09. The number of H-pyrrole nitrogens is 1. The Hall–Kier alpha value is -1.69. The average molecular weight is 218 g/mol. The molecule has 0 atom stereocenters. The van der Waals surface area contributed by atoms with Gasteiger partial charge in [-0.15, -0.1) is 0 Å². The molecule has 0 aliphatic carbocycles. The molecule has 0 saturated heterocycles. The van der Waals surface area contributed by atoms with Crippen LogP contribution in [-0.2, 0) is 0 Å². The van der Waals surface area contributed by atoms with Gasteiger partial charge in [0.05, 0.1) is 5.56 Å². The van der Waals surface area contributed by atoms with Crippen LogP contribution in [0, 0.1) is 0 Å². The molecule has 17 heavy (non-hydrogen) atoms. The van der Waals surface area contributed by atoms with Gasteiger partial charge in [-0.2, -0.15) is 4.98 Å². The molecule has 0 amide bonds. The van der Waals surface area contributed by atoms with Crippen molar-refractivity contribution in [1.29, 1.82) is 0 Å². The first-order valence-electron chi connectivity index (χ1n) is 5.02. The van der Waals surface area contributed by atoms with Gasteiger partial charge < -0.3 is 9.52 Å². The molecule has 1 N–H and O–H groups in total. The molecule has 0 saturated carbocycles. The minimum absolute atomic E-state index is 0. The average Bonchev–Trinajstić information content (AvgIpc) is 2.73. The van der Waals surface area contributed by atoms with E-state index in [0.29, 0.717) is 11.5 Å². The van der Waals surface area contributed by atoms with Crippen LogP contribution in [0.3, 0.4) is 0 Å². The van der Waals surface area contributed by atoms with Crippen molar-refractivity contribution in [1.82, 2.24) is 0 Å². The Morgan fingerprint density at radius 1 is 0.941 bits per heavy atom. The summed E-state index contributed by atoms with van der Waals surface area (Å²) in [6, 6.07) is 14.4. The van der Waals surface area contributed by atoms with E-state index in [2.05, 4.69) is 4.98 Å². The van der Waals surface area contributed by atoms with Gasteiger partial charge in [0.25, 0.3) is 0 Å². The molecule has 0 radical (unpaired) electrons. The standard InChI is InChI=1S/C13H9NO2.Li/c15-11-7-3-1-5-9(11)13-14-10-6-2-4-8-12(10)16-13;/h1-8,15H;/q;+1. The summed E-state index contributed by atoms with van der Waals surface area (Å²) >= 11 is 0. The predicted octanol–water partition coefficient (Wildman–Crippen LogP) is -1.01. The molecule has 1 aromatic heterocycles. The maximum atomic E-state index is 11.6. The van der Waals surface area contributed by atoms with Gasteiger partial charge in [-0.05, 0) is 12.1 Å². The maximum absolute atomic E-state index is 11.6. The summed E-state index contributed by atoms with van der Waals surface area (Å²) in [6.07, 6.45) is 0. The number of aromatic amines is 1. The van der Waals surface area contributed by atoms with E-state index in [4.69, 9.17) is 4.42 Å². The van der Waals surface area contributed by atoms with Crippen LogP contribution in [0.1, 0.15) is 0 Å². The number of nitrogens with one attached hydrogen (secondary N) is 1. The monoisotopic (exact) mass is 218 g/mol. The number of hydrogen-bond donors (Lipinski definition) is 0. The number of benzene rings is 2. The van der Waals surface area contributed by atoms with Gasteiger partial charge in [-0.3, -0.25) is 0 Å². The minimum atomic E-state index is -0.0437. The van der Waals surface area contributed by atoms with Crippen molar-refractivity contribution in [3.63, 3.8) is 0 Å². The second-order valence-corrected chi connectivity index (χ2v) is 3.55. The normalized spacial score (nSPS) is 10.1. The maximum Gasteiger partial charge on any atom is 1.00 e. The van der Waals surface area contributed by atoms with Crippen LogP contribution >= 0.6 is 0 Å². The smallest absolute Gasteiger partial charge is 0.872 e. The van der Waals surface area contributed by atoms with Crippen LogP contribution in [0.25, 0.3) is 22.6 Å². The number of aromatic nitrogens is 1. The molecule has 0 aliphatic rings. The zero-order valence-corrected chi connectivity index (χ0v) is 9.44. The molecule has 0 unspecified atom stereocenters. The van der Waals surface area contributed by atoms with Gasteiger partial charge in [0.15, 0.2) is 0 Å². The van der Waals surface area contributed by atoms with Crippen LogP contribution in [0.5, 0.6) is 5.75 Å². The van der Waals surface area contributed by atoms with E-state index in [0.717, 1.165) is 11.1 Å². The van der Waals surface area contributed by atoms with Crippen LogP contribution in [0.4, 0.5) is 0 Å². The summed E-state index contributed by atoms with van der Waals surface area (Å²) in [5.41, 5.74) is 2.19. The summed E-state index contributed by atoms with van der Waals surface area (Å²) in [5, 5.41) is 11.6. The SMILES string of the molecule is [Li+].[O-]c1ccccc1-c1[nH+]c2ccccc2o1. The molecule has 0 spiro atoms. The van der Waals surface area contributed by atoms with Gasteiger partial charge in [0, 0.05) is 6.07 Å². The number of fused-ring (bicyclic) bond motifs is 1. The fourth-order valence-electron chi connectivity index (χ4n) is 1.69. The minimum Gasteiger partial charge on any atom is -0.872 e. The van der Waals surface area contributed by atoms with Crippen molar-refractivity contribution in [3.05, 3.63) is 48.5 Å². The molecule has 3 aromatic rings. The first-order chi connectivity index (χ1) is 7.84. The van der Waals surface area contributed by atoms with Crippen LogP contribution in [0.2, 0.25) is 0 Å². The fraction of sp³-hybridized carbons (Fsp3) is 0. The van der Waals surface area contributed by atoms with E-state index in [-0.39, 0.29) is 24.6 Å². The van der Waals surface area contributed by atoms with E-state index >= 15 is 0 Å². The molecule has 0 aliphatic heterocycles. The van der Waals surface area contributed by atoms with Crippen LogP contribution in [-0.4, -0.2) is 0 Å². The summed E-state index contributed by atoms with van der Waals surface area (Å²) in [5.74, 6) is 0.463. The van der Waals surface area contributed by atoms with Crippen molar-refractivity contribution < 1.29 is 33.4 Å². The van der Waals surface area contributed by atoms with E-state index in [1.54, 1.807) is 12.1 Å². The van der Waals surface area contributed by atoms with Crippen LogP contribution in [0.15, 0.2) is 52.9 Å². The second-order valence-electron chi connectivity index (χ2n) is 3.55. The summed E-state index contributed by atoms with van der Waals surface area (Å²) in [7, 11) is 0. The molecule has 0 bridgehead atoms. The van der Waals surface area contributed by atoms with Crippen molar-refractivity contribution in [3.8, 4) is 17.2 Å². The van der Waals surface area contributed by atoms with Crippen molar-refractivity contribution >= 4 is 11.1 Å². The Kier molecular flexibility index (Phi) is 3.23. The van der Waals surface area contributed by atoms with Gasteiger partial charge in [-0.25, -0.2) is 0 Å². The van der Waals surface area contributed by atoms with Crippen LogP contribution < -0.4 is 29.0 Å². The van der Waals surface area contributed by atoms with E-state index < -0.39 is 0 Å². The number of hydrogen-bond acceptors (Lipinski definition) is 2. The second kappa shape index (κ2) is 4.66. The molecule has 0 fully saturated rings. The first-order valence-corrected chi connectivity index (χ1v) is 5.02. The molecule has 4 heteroatoms. The Labute approximate surface area is 110 Å². The number of para-hydroxylation sites is 3. The molecular formula is C13H9LiNO2+. The third-order valence-electron chi connectivity index (χ3n) is 2.48. The Balaban J connectivity index is 0.00000108. The van der Waals surface area contributed by atoms with Gasteiger partial charge in [0.2, 0.25) is 11.1 Å². The quantitative estimate of drug-likeness (QED) is 0.491. The predicted molar refractivity (Wildman–Crippen MR) is 57.7 cm³/mol. The third-order valence-corrected chi connectivity index (χ3v) is 2.48. The number of rotatable bonds is 1. The van der Waals surface area contributed by atoms with Gasteiger partial charge in [-0.1, -0.05) is 36.1 Å². The molecular weight excluding hydrogens is 209 g/mol. The molecule has 1 heterocycles. The van der Waals surface area contributed by atoms with E-state index in [9.17, 15) is 5.11 Å².